The van der Waals surface area contributed by atoms with E-state index in [2.05, 4.69) is 13.8 Å². The van der Waals surface area contributed by atoms with E-state index in [0.29, 0.717) is 6.42 Å². The topological polar surface area (TPSA) is 52.3 Å². The fraction of sp³-hybridized carbons (Fsp3) is 0.941. The molecule has 1 atom stereocenters. The van der Waals surface area contributed by atoms with Gasteiger partial charge in [-0.1, -0.05) is 52.4 Å². The predicted octanol–water partition coefficient (Wildman–Crippen LogP) is 4.58. The largest absolute Gasteiger partial charge is 0.462 e. The van der Waals surface area contributed by atoms with Gasteiger partial charge in [-0.25, -0.2) is 0 Å². The van der Waals surface area contributed by atoms with Crippen molar-refractivity contribution in [2.24, 2.45) is 5.73 Å². The quantitative estimate of drug-likeness (QED) is 0.375. The van der Waals surface area contributed by atoms with Gasteiger partial charge in [0.05, 0.1) is 0 Å². The number of unbranched alkanes of at least 4 members (excludes halogenated alkanes) is 7. The van der Waals surface area contributed by atoms with Crippen molar-refractivity contribution >= 4 is 5.97 Å². The summed E-state index contributed by atoms with van der Waals surface area (Å²) in [5, 5.41) is 0. The number of carbonyl (C=O) groups excluding carboxylic acids is 1. The van der Waals surface area contributed by atoms with Crippen molar-refractivity contribution in [3.63, 3.8) is 0 Å². The first-order valence-corrected chi connectivity index (χ1v) is 8.64. The maximum Gasteiger partial charge on any atom is 0.306 e. The molecule has 120 valence electrons. The molecule has 3 nitrogen and oxygen atoms in total. The van der Waals surface area contributed by atoms with Crippen LogP contribution >= 0.6 is 0 Å². The Hall–Kier alpha value is -0.570. The third kappa shape index (κ3) is 12.5. The first-order valence-electron chi connectivity index (χ1n) is 8.64. The second-order valence-corrected chi connectivity index (χ2v) is 5.68. The van der Waals surface area contributed by atoms with Crippen LogP contribution in [0.3, 0.4) is 0 Å². The molecule has 2 N–H and O–H groups in total. The monoisotopic (exact) mass is 285 g/mol. The lowest BCUT2D eigenvalue weighted by Gasteiger charge is -2.16. The number of hydrogen-bond acceptors (Lipinski definition) is 3. The zero-order valence-corrected chi connectivity index (χ0v) is 13.7. The molecule has 20 heavy (non-hydrogen) atoms. The zero-order valence-electron chi connectivity index (χ0n) is 13.7. The molecule has 3 heteroatoms. The van der Waals surface area contributed by atoms with Crippen molar-refractivity contribution in [1.82, 2.24) is 0 Å². The van der Waals surface area contributed by atoms with Gasteiger partial charge in [-0.15, -0.1) is 0 Å². The Labute approximate surface area is 125 Å². The number of nitrogens with two attached hydrogens (primary N) is 1. The molecule has 0 radical (unpaired) electrons. The van der Waals surface area contributed by atoms with Crippen LogP contribution in [0.2, 0.25) is 0 Å². The molecule has 0 aliphatic rings. The summed E-state index contributed by atoms with van der Waals surface area (Å²) in [6, 6.07) is 0. The maximum absolute atomic E-state index is 11.7. The van der Waals surface area contributed by atoms with Gasteiger partial charge < -0.3 is 10.5 Å². The van der Waals surface area contributed by atoms with E-state index in [1.807, 2.05) is 0 Å². The van der Waals surface area contributed by atoms with Crippen molar-refractivity contribution in [3.8, 4) is 0 Å². The Bertz CT molecular complexity index is 219. The van der Waals surface area contributed by atoms with E-state index in [1.54, 1.807) is 0 Å². The standard InChI is InChI=1S/C17H35NO2/c1-3-5-6-10-13-16(4-2)20-17(19)14-11-8-7-9-12-15-18/h16H,3-15,18H2,1-2H3. The van der Waals surface area contributed by atoms with Gasteiger partial charge in [0, 0.05) is 6.42 Å². The zero-order chi connectivity index (χ0) is 15.1. The predicted molar refractivity (Wildman–Crippen MR) is 85.7 cm³/mol. The van der Waals surface area contributed by atoms with Gasteiger partial charge in [0.15, 0.2) is 0 Å². The van der Waals surface area contributed by atoms with Gasteiger partial charge in [-0.05, 0) is 38.6 Å². The Kier molecular flexibility index (Phi) is 14.4. The molecule has 0 amide bonds. The fourth-order valence-corrected chi connectivity index (χ4v) is 2.33. The molecule has 0 aromatic heterocycles. The van der Waals surface area contributed by atoms with E-state index in [9.17, 15) is 4.79 Å². The Morgan fingerprint density at radius 2 is 1.60 bits per heavy atom. The molecule has 0 aromatic rings. The van der Waals surface area contributed by atoms with Crippen LogP contribution in [-0.2, 0) is 9.53 Å². The molecule has 0 heterocycles. The van der Waals surface area contributed by atoms with Crippen molar-refractivity contribution < 1.29 is 9.53 Å². The van der Waals surface area contributed by atoms with Crippen LogP contribution in [0.25, 0.3) is 0 Å². The van der Waals surface area contributed by atoms with Crippen LogP contribution in [-0.4, -0.2) is 18.6 Å². The minimum Gasteiger partial charge on any atom is -0.462 e. The van der Waals surface area contributed by atoms with Crippen molar-refractivity contribution in [1.29, 1.82) is 0 Å². The molecule has 0 aromatic carbocycles. The van der Waals surface area contributed by atoms with E-state index in [1.165, 1.54) is 38.5 Å². The first kappa shape index (κ1) is 19.4. The minimum atomic E-state index is -0.00818. The number of rotatable bonds is 14. The Morgan fingerprint density at radius 3 is 2.25 bits per heavy atom. The van der Waals surface area contributed by atoms with Crippen LogP contribution < -0.4 is 5.73 Å². The number of hydrogen-bond donors (Lipinski definition) is 1. The third-order valence-corrected chi connectivity index (χ3v) is 3.72. The highest BCUT2D eigenvalue weighted by Crippen LogP contribution is 2.13. The number of esters is 1. The van der Waals surface area contributed by atoms with Gasteiger partial charge >= 0.3 is 5.97 Å². The Balaban J connectivity index is 3.54. The summed E-state index contributed by atoms with van der Waals surface area (Å²) < 4.78 is 5.55. The van der Waals surface area contributed by atoms with Gasteiger partial charge in [0.25, 0.3) is 0 Å². The van der Waals surface area contributed by atoms with Crippen LogP contribution in [0, 0.1) is 0 Å². The van der Waals surface area contributed by atoms with Gasteiger partial charge in [-0.2, -0.15) is 0 Å². The highest BCUT2D eigenvalue weighted by molar-refractivity contribution is 5.69. The third-order valence-electron chi connectivity index (χ3n) is 3.72. The molecule has 0 rings (SSSR count). The first-order chi connectivity index (χ1) is 9.74. The highest BCUT2D eigenvalue weighted by atomic mass is 16.5. The van der Waals surface area contributed by atoms with Crippen LogP contribution in [0.5, 0.6) is 0 Å². The fourth-order valence-electron chi connectivity index (χ4n) is 2.33. The van der Waals surface area contributed by atoms with Crippen molar-refractivity contribution in [2.75, 3.05) is 6.54 Å². The molecule has 0 fully saturated rings. The van der Waals surface area contributed by atoms with Gasteiger partial charge in [-0.3, -0.25) is 4.79 Å². The van der Waals surface area contributed by atoms with E-state index >= 15 is 0 Å². The molecule has 0 saturated heterocycles. The average Bonchev–Trinajstić information content (AvgIpc) is 2.46. The van der Waals surface area contributed by atoms with Gasteiger partial charge in [0.1, 0.15) is 6.10 Å². The van der Waals surface area contributed by atoms with E-state index < -0.39 is 0 Å². The van der Waals surface area contributed by atoms with E-state index in [4.69, 9.17) is 10.5 Å². The smallest absolute Gasteiger partial charge is 0.306 e. The second-order valence-electron chi connectivity index (χ2n) is 5.68. The van der Waals surface area contributed by atoms with Crippen molar-refractivity contribution in [3.05, 3.63) is 0 Å². The normalized spacial score (nSPS) is 12.3. The summed E-state index contributed by atoms with van der Waals surface area (Å²) in [4.78, 5) is 11.7. The number of ether oxygens (including phenoxy) is 1. The minimum absolute atomic E-state index is 0.00818. The molecule has 0 aliphatic heterocycles. The molecule has 0 saturated carbocycles. The summed E-state index contributed by atoms with van der Waals surface area (Å²) in [5.41, 5.74) is 5.45. The highest BCUT2D eigenvalue weighted by Gasteiger charge is 2.11. The van der Waals surface area contributed by atoms with E-state index in [0.717, 1.165) is 38.6 Å². The summed E-state index contributed by atoms with van der Waals surface area (Å²) in [7, 11) is 0. The lowest BCUT2D eigenvalue weighted by Crippen LogP contribution is -2.17. The summed E-state index contributed by atoms with van der Waals surface area (Å²) >= 11 is 0. The lowest BCUT2D eigenvalue weighted by atomic mass is 10.1. The molecule has 0 spiro atoms. The van der Waals surface area contributed by atoms with Crippen molar-refractivity contribution in [2.45, 2.75) is 97.0 Å². The lowest BCUT2D eigenvalue weighted by molar-refractivity contribution is -0.149. The maximum atomic E-state index is 11.7. The van der Waals surface area contributed by atoms with E-state index in [-0.39, 0.29) is 12.1 Å². The molecule has 0 bridgehead atoms. The SMILES string of the molecule is CCCCCCC(CC)OC(=O)CCCCCCCN. The summed E-state index contributed by atoms with van der Waals surface area (Å²) in [6.07, 6.45) is 13.2. The Morgan fingerprint density at radius 1 is 0.950 bits per heavy atom. The van der Waals surface area contributed by atoms with Crippen LogP contribution in [0.4, 0.5) is 0 Å². The van der Waals surface area contributed by atoms with Gasteiger partial charge in [0.2, 0.25) is 0 Å². The second kappa shape index (κ2) is 14.8. The summed E-state index contributed by atoms with van der Waals surface area (Å²) in [5.74, 6) is -0.00818. The van der Waals surface area contributed by atoms with Crippen LogP contribution in [0.1, 0.15) is 90.9 Å². The molecule has 0 aliphatic carbocycles. The molecular weight excluding hydrogens is 250 g/mol. The molecular formula is C17H35NO2. The van der Waals surface area contributed by atoms with Crippen LogP contribution in [0.15, 0.2) is 0 Å². The molecule has 1 unspecified atom stereocenters. The summed E-state index contributed by atoms with van der Waals surface area (Å²) in [6.45, 7) is 5.09. The number of carbonyl (C=O) groups is 1. The average molecular weight is 285 g/mol.